The summed E-state index contributed by atoms with van der Waals surface area (Å²) in [5, 5.41) is 7.61. The molecule has 0 aromatic heterocycles. The molecule has 80 valence electrons. The van der Waals surface area contributed by atoms with Crippen molar-refractivity contribution in [2.75, 3.05) is 20.0 Å². The van der Waals surface area contributed by atoms with E-state index in [2.05, 4.69) is 10.6 Å². The molecule has 0 spiro atoms. The van der Waals surface area contributed by atoms with Crippen molar-refractivity contribution < 1.29 is 9.63 Å². The SMILES string of the molecule is CC(C)=C(C)C(=O)ON1CNCNC1. The van der Waals surface area contributed by atoms with Gasteiger partial charge >= 0.3 is 5.97 Å². The first kappa shape index (κ1) is 11.2. The molecule has 1 aliphatic heterocycles. The first-order valence-corrected chi connectivity index (χ1v) is 4.64. The van der Waals surface area contributed by atoms with E-state index in [1.807, 2.05) is 13.8 Å². The second kappa shape index (κ2) is 5.09. The second-order valence-corrected chi connectivity index (χ2v) is 3.48. The van der Waals surface area contributed by atoms with E-state index in [9.17, 15) is 4.79 Å². The van der Waals surface area contributed by atoms with Crippen LogP contribution in [0, 0.1) is 0 Å². The molecule has 0 saturated carbocycles. The molecule has 0 radical (unpaired) electrons. The van der Waals surface area contributed by atoms with Crippen molar-refractivity contribution in [2.45, 2.75) is 20.8 Å². The van der Waals surface area contributed by atoms with Gasteiger partial charge in [0.05, 0.1) is 13.3 Å². The fourth-order valence-electron chi connectivity index (χ4n) is 0.960. The summed E-state index contributed by atoms with van der Waals surface area (Å²) in [6.07, 6.45) is 0. The molecular weight excluding hydrogens is 182 g/mol. The average Bonchev–Trinajstić information content (AvgIpc) is 2.18. The maximum Gasteiger partial charge on any atom is 0.352 e. The molecule has 1 heterocycles. The summed E-state index contributed by atoms with van der Waals surface area (Å²) in [7, 11) is 0. The molecule has 0 atom stereocenters. The van der Waals surface area contributed by atoms with Crippen LogP contribution in [0.5, 0.6) is 0 Å². The van der Waals surface area contributed by atoms with Crippen LogP contribution in [0.1, 0.15) is 20.8 Å². The number of hydrogen-bond donors (Lipinski definition) is 2. The van der Waals surface area contributed by atoms with Gasteiger partial charge in [0.2, 0.25) is 0 Å². The third-order valence-electron chi connectivity index (χ3n) is 2.09. The van der Waals surface area contributed by atoms with E-state index in [0.717, 1.165) is 12.2 Å². The van der Waals surface area contributed by atoms with Crippen molar-refractivity contribution in [1.82, 2.24) is 15.7 Å². The topological polar surface area (TPSA) is 53.6 Å². The van der Waals surface area contributed by atoms with Crippen molar-refractivity contribution in [3.05, 3.63) is 11.1 Å². The third-order valence-corrected chi connectivity index (χ3v) is 2.09. The first-order valence-electron chi connectivity index (χ1n) is 4.64. The van der Waals surface area contributed by atoms with Crippen LogP contribution < -0.4 is 10.6 Å². The molecule has 5 heteroatoms. The summed E-state index contributed by atoms with van der Waals surface area (Å²) in [6.45, 7) is 7.42. The Balaban J connectivity index is 2.43. The summed E-state index contributed by atoms with van der Waals surface area (Å²) in [5.74, 6) is -0.282. The Morgan fingerprint density at radius 2 is 1.79 bits per heavy atom. The Kier molecular flexibility index (Phi) is 4.06. The highest BCUT2D eigenvalue weighted by atomic mass is 16.7. The van der Waals surface area contributed by atoms with Gasteiger partial charge < -0.3 is 4.84 Å². The zero-order valence-electron chi connectivity index (χ0n) is 8.89. The van der Waals surface area contributed by atoms with Crippen molar-refractivity contribution >= 4 is 5.97 Å². The number of rotatable bonds is 2. The van der Waals surface area contributed by atoms with Crippen molar-refractivity contribution in [3.8, 4) is 0 Å². The van der Waals surface area contributed by atoms with E-state index in [0.29, 0.717) is 18.9 Å². The minimum absolute atomic E-state index is 0.282. The van der Waals surface area contributed by atoms with E-state index in [1.54, 1.807) is 12.0 Å². The lowest BCUT2D eigenvalue weighted by atomic mass is 10.2. The minimum Gasteiger partial charge on any atom is -0.362 e. The van der Waals surface area contributed by atoms with Gasteiger partial charge in [-0.15, -0.1) is 5.06 Å². The number of carbonyl (C=O) groups excluding carboxylic acids is 1. The zero-order chi connectivity index (χ0) is 10.6. The molecule has 1 rings (SSSR count). The lowest BCUT2D eigenvalue weighted by Gasteiger charge is -2.26. The highest BCUT2D eigenvalue weighted by molar-refractivity contribution is 5.88. The number of carbonyl (C=O) groups is 1. The largest absolute Gasteiger partial charge is 0.362 e. The van der Waals surface area contributed by atoms with Crippen molar-refractivity contribution in [2.24, 2.45) is 0 Å². The smallest absolute Gasteiger partial charge is 0.352 e. The Morgan fingerprint density at radius 3 is 2.29 bits per heavy atom. The summed E-state index contributed by atoms with van der Waals surface area (Å²) < 4.78 is 0. The molecule has 1 fully saturated rings. The van der Waals surface area contributed by atoms with Crippen LogP contribution >= 0.6 is 0 Å². The summed E-state index contributed by atoms with van der Waals surface area (Å²) in [4.78, 5) is 16.6. The van der Waals surface area contributed by atoms with Crippen LogP contribution in [-0.2, 0) is 9.63 Å². The standard InChI is InChI=1S/C9H17N3O2/c1-7(2)8(3)9(13)14-12-5-10-4-11-6-12/h10-11H,4-6H2,1-3H3. The molecule has 0 bridgehead atoms. The first-order chi connectivity index (χ1) is 6.61. The molecule has 0 amide bonds. The van der Waals surface area contributed by atoms with Crippen LogP contribution in [0.3, 0.4) is 0 Å². The highest BCUT2D eigenvalue weighted by Gasteiger charge is 2.15. The van der Waals surface area contributed by atoms with Gasteiger partial charge in [0.25, 0.3) is 0 Å². The summed E-state index contributed by atoms with van der Waals surface area (Å²) in [6, 6.07) is 0. The number of hydroxylamine groups is 2. The molecule has 0 unspecified atom stereocenters. The quantitative estimate of drug-likeness (QED) is 0.621. The predicted octanol–water partition coefficient (Wildman–Crippen LogP) is 0.168. The number of allylic oxidation sites excluding steroid dienone is 1. The van der Waals surface area contributed by atoms with Gasteiger partial charge in [-0.2, -0.15) is 0 Å². The number of nitrogens with one attached hydrogen (secondary N) is 2. The second-order valence-electron chi connectivity index (χ2n) is 3.48. The van der Waals surface area contributed by atoms with E-state index in [4.69, 9.17) is 4.84 Å². The molecule has 0 aromatic carbocycles. The molecule has 1 aliphatic rings. The Labute approximate surface area is 84.1 Å². The molecule has 5 nitrogen and oxygen atoms in total. The van der Waals surface area contributed by atoms with Gasteiger partial charge in [0, 0.05) is 12.2 Å². The normalized spacial score (nSPS) is 17.6. The van der Waals surface area contributed by atoms with E-state index >= 15 is 0 Å². The Morgan fingerprint density at radius 1 is 1.21 bits per heavy atom. The third kappa shape index (κ3) is 3.10. The van der Waals surface area contributed by atoms with Gasteiger partial charge in [-0.1, -0.05) is 5.57 Å². The summed E-state index contributed by atoms with van der Waals surface area (Å²) >= 11 is 0. The summed E-state index contributed by atoms with van der Waals surface area (Å²) in [5.41, 5.74) is 1.64. The molecular formula is C9H17N3O2. The highest BCUT2D eigenvalue weighted by Crippen LogP contribution is 2.05. The average molecular weight is 199 g/mol. The zero-order valence-corrected chi connectivity index (χ0v) is 8.89. The van der Waals surface area contributed by atoms with E-state index < -0.39 is 0 Å². The fourth-order valence-corrected chi connectivity index (χ4v) is 0.960. The van der Waals surface area contributed by atoms with Gasteiger partial charge in [-0.05, 0) is 20.8 Å². The fraction of sp³-hybridized carbons (Fsp3) is 0.667. The lowest BCUT2D eigenvalue weighted by Crippen LogP contribution is -2.51. The van der Waals surface area contributed by atoms with Gasteiger partial charge in [0.1, 0.15) is 0 Å². The lowest BCUT2D eigenvalue weighted by molar-refractivity contribution is -0.193. The maximum atomic E-state index is 11.5. The van der Waals surface area contributed by atoms with Crippen molar-refractivity contribution in [1.29, 1.82) is 0 Å². The minimum atomic E-state index is -0.282. The molecule has 0 aromatic rings. The van der Waals surface area contributed by atoms with Gasteiger partial charge in [-0.25, -0.2) is 4.79 Å². The molecule has 14 heavy (non-hydrogen) atoms. The monoisotopic (exact) mass is 199 g/mol. The number of hydrogen-bond acceptors (Lipinski definition) is 5. The predicted molar refractivity (Wildman–Crippen MR) is 52.9 cm³/mol. The van der Waals surface area contributed by atoms with E-state index in [-0.39, 0.29) is 5.97 Å². The van der Waals surface area contributed by atoms with Gasteiger partial charge in [-0.3, -0.25) is 10.6 Å². The molecule has 1 saturated heterocycles. The van der Waals surface area contributed by atoms with Crippen LogP contribution in [-0.4, -0.2) is 31.0 Å². The van der Waals surface area contributed by atoms with Crippen LogP contribution in [0.25, 0.3) is 0 Å². The van der Waals surface area contributed by atoms with Crippen LogP contribution in [0.15, 0.2) is 11.1 Å². The molecule has 0 aliphatic carbocycles. The van der Waals surface area contributed by atoms with Crippen LogP contribution in [0.4, 0.5) is 0 Å². The number of nitrogens with zero attached hydrogens (tertiary/aromatic N) is 1. The van der Waals surface area contributed by atoms with Crippen molar-refractivity contribution in [3.63, 3.8) is 0 Å². The maximum absolute atomic E-state index is 11.5. The molecule has 2 N–H and O–H groups in total. The van der Waals surface area contributed by atoms with Gasteiger partial charge in [0.15, 0.2) is 0 Å². The Bertz CT molecular complexity index is 240. The van der Waals surface area contributed by atoms with Crippen LogP contribution in [0.2, 0.25) is 0 Å². The van der Waals surface area contributed by atoms with E-state index in [1.165, 1.54) is 0 Å². The Hall–Kier alpha value is -0.910.